The number of rotatable bonds is 6. The minimum atomic E-state index is -3.30. The Morgan fingerprint density at radius 1 is 0.926 bits per heavy atom. The molecule has 0 N–H and O–H groups in total. The van der Waals surface area contributed by atoms with Gasteiger partial charge in [0.15, 0.2) is 0 Å². The summed E-state index contributed by atoms with van der Waals surface area (Å²) in [6.07, 6.45) is 13.4. The topological polar surface area (TPSA) is 17.1 Å². The maximum absolute atomic E-state index is 13.2. The molecule has 1 aromatic carbocycles. The number of Topliss-reactive ketones (excluding diaryl/α,β-unsaturated/α-hetero) is 1. The molecule has 0 radical (unpaired) electrons. The van der Waals surface area contributed by atoms with E-state index in [1.165, 1.54) is 69.8 Å². The molecule has 0 saturated heterocycles. The average molecular weight is 377 g/mol. The number of carbonyl (C=O) groups is 1. The van der Waals surface area contributed by atoms with Crippen LogP contribution in [0.2, 0.25) is 0 Å². The van der Waals surface area contributed by atoms with Crippen LogP contribution in [0.5, 0.6) is 0 Å². The van der Waals surface area contributed by atoms with E-state index in [-0.39, 0.29) is 5.56 Å². The van der Waals surface area contributed by atoms with Crippen LogP contribution in [0.1, 0.15) is 99.9 Å². The lowest BCUT2D eigenvalue weighted by atomic mass is 9.68. The predicted octanol–water partition coefficient (Wildman–Crippen LogP) is 7.40. The van der Waals surface area contributed by atoms with Crippen molar-refractivity contribution >= 4 is 5.78 Å². The molecule has 3 rings (SSSR count). The lowest BCUT2D eigenvalue weighted by molar-refractivity contribution is 0.0221. The van der Waals surface area contributed by atoms with Gasteiger partial charge in [0.1, 0.15) is 0 Å². The van der Waals surface area contributed by atoms with E-state index in [1.54, 1.807) is 12.1 Å². The molecular weight excluding hydrogens is 342 g/mol. The minimum Gasteiger partial charge on any atom is -0.287 e. The Kier molecular flexibility index (Phi) is 6.70. The van der Waals surface area contributed by atoms with E-state index in [4.69, 9.17) is 0 Å². The summed E-state index contributed by atoms with van der Waals surface area (Å²) in [4.78, 5) is 11.7. The van der Waals surface area contributed by atoms with Crippen molar-refractivity contribution in [2.75, 3.05) is 0 Å². The molecule has 0 heterocycles. The van der Waals surface area contributed by atoms with Crippen molar-refractivity contribution in [1.82, 2.24) is 0 Å². The van der Waals surface area contributed by atoms with Crippen LogP contribution < -0.4 is 0 Å². The second-order valence-electron chi connectivity index (χ2n) is 9.02. The van der Waals surface area contributed by atoms with Crippen LogP contribution in [-0.2, 0) is 0 Å². The zero-order valence-electron chi connectivity index (χ0n) is 16.9. The first-order valence-corrected chi connectivity index (χ1v) is 10.9. The van der Waals surface area contributed by atoms with Crippen molar-refractivity contribution in [3.05, 3.63) is 35.4 Å². The van der Waals surface area contributed by atoms with Gasteiger partial charge in [-0.25, -0.2) is 0 Å². The normalized spacial score (nSPS) is 29.5. The Balaban J connectivity index is 1.50. The third-order valence-corrected chi connectivity index (χ3v) is 7.07. The molecule has 150 valence electrons. The van der Waals surface area contributed by atoms with E-state index in [0.717, 1.165) is 17.8 Å². The van der Waals surface area contributed by atoms with Crippen LogP contribution in [0.4, 0.5) is 8.78 Å². The summed E-state index contributed by atoms with van der Waals surface area (Å²) >= 11 is 0. The molecule has 0 unspecified atom stereocenters. The molecule has 0 atom stereocenters. The Bertz CT molecular complexity index is 600. The molecule has 2 aliphatic rings. The highest BCUT2D eigenvalue weighted by molar-refractivity contribution is 6.01. The van der Waals surface area contributed by atoms with E-state index in [0.29, 0.717) is 12.8 Å². The van der Waals surface area contributed by atoms with Crippen LogP contribution in [0.15, 0.2) is 24.3 Å². The molecule has 0 bridgehead atoms. The van der Waals surface area contributed by atoms with E-state index in [1.807, 2.05) is 12.1 Å². The first kappa shape index (κ1) is 20.5. The van der Waals surface area contributed by atoms with Crippen molar-refractivity contribution in [3.8, 4) is 0 Å². The summed E-state index contributed by atoms with van der Waals surface area (Å²) < 4.78 is 26.4. The maximum Gasteiger partial charge on any atom is 0.307 e. The highest BCUT2D eigenvalue weighted by Gasteiger charge is 2.34. The van der Waals surface area contributed by atoms with Crippen LogP contribution in [-0.4, -0.2) is 11.7 Å². The lowest BCUT2D eigenvalue weighted by Gasteiger charge is -2.38. The number of benzene rings is 1. The van der Waals surface area contributed by atoms with Gasteiger partial charge in [0.25, 0.3) is 0 Å². The number of hydrogen-bond donors (Lipinski definition) is 0. The van der Waals surface area contributed by atoms with Crippen molar-refractivity contribution < 1.29 is 13.6 Å². The van der Waals surface area contributed by atoms with E-state index in [9.17, 15) is 13.6 Å². The molecular formula is C24H34F2O. The third kappa shape index (κ3) is 5.18. The summed E-state index contributed by atoms with van der Waals surface area (Å²) in [6, 6.07) is 6.94. The Morgan fingerprint density at radius 2 is 1.44 bits per heavy atom. The summed E-state index contributed by atoms with van der Waals surface area (Å²) in [7, 11) is 0. The zero-order chi connectivity index (χ0) is 19.4. The number of carbonyl (C=O) groups excluding carboxylic acids is 1. The zero-order valence-corrected chi connectivity index (χ0v) is 16.9. The third-order valence-electron chi connectivity index (χ3n) is 7.07. The van der Waals surface area contributed by atoms with E-state index in [2.05, 4.69) is 6.92 Å². The quantitative estimate of drug-likeness (QED) is 0.473. The Labute approximate surface area is 162 Å². The number of ketones is 1. The molecule has 2 fully saturated rings. The van der Waals surface area contributed by atoms with Gasteiger partial charge in [-0.3, -0.25) is 4.79 Å². The highest BCUT2D eigenvalue weighted by atomic mass is 19.3. The summed E-state index contributed by atoms with van der Waals surface area (Å²) in [5.41, 5.74) is 1.32. The highest BCUT2D eigenvalue weighted by Crippen LogP contribution is 2.44. The molecule has 0 aliphatic heterocycles. The molecule has 0 aromatic heterocycles. The van der Waals surface area contributed by atoms with Crippen LogP contribution in [0.25, 0.3) is 0 Å². The van der Waals surface area contributed by atoms with Gasteiger partial charge in [-0.1, -0.05) is 56.9 Å². The van der Waals surface area contributed by atoms with Gasteiger partial charge < -0.3 is 0 Å². The van der Waals surface area contributed by atoms with Gasteiger partial charge in [0, 0.05) is 12.5 Å². The van der Waals surface area contributed by atoms with Gasteiger partial charge in [-0.2, -0.15) is 8.78 Å². The average Bonchev–Trinajstić information content (AvgIpc) is 2.68. The summed E-state index contributed by atoms with van der Waals surface area (Å²) in [6.45, 7) is 2.96. The molecule has 0 spiro atoms. The molecule has 2 saturated carbocycles. The second kappa shape index (κ2) is 8.84. The predicted molar refractivity (Wildman–Crippen MR) is 106 cm³/mol. The van der Waals surface area contributed by atoms with Gasteiger partial charge >= 0.3 is 5.92 Å². The van der Waals surface area contributed by atoms with Crippen molar-refractivity contribution in [1.29, 1.82) is 0 Å². The monoisotopic (exact) mass is 376 g/mol. The fourth-order valence-corrected chi connectivity index (χ4v) is 5.44. The Morgan fingerprint density at radius 3 is 1.93 bits per heavy atom. The fourth-order valence-electron chi connectivity index (χ4n) is 5.44. The van der Waals surface area contributed by atoms with E-state index < -0.39 is 11.7 Å². The van der Waals surface area contributed by atoms with Gasteiger partial charge in [0.05, 0.1) is 0 Å². The molecule has 27 heavy (non-hydrogen) atoms. The minimum absolute atomic E-state index is 0.115. The Hall–Kier alpha value is -1.25. The van der Waals surface area contributed by atoms with Crippen molar-refractivity contribution in [2.45, 2.75) is 89.9 Å². The van der Waals surface area contributed by atoms with Gasteiger partial charge in [-0.15, -0.1) is 0 Å². The smallest absolute Gasteiger partial charge is 0.287 e. The second-order valence-corrected chi connectivity index (χ2v) is 9.02. The maximum atomic E-state index is 13.2. The number of alkyl halides is 2. The summed E-state index contributed by atoms with van der Waals surface area (Å²) in [5, 5.41) is 0. The van der Waals surface area contributed by atoms with Gasteiger partial charge in [-0.05, 0) is 67.8 Å². The first-order chi connectivity index (χ1) is 12.9. The van der Waals surface area contributed by atoms with Gasteiger partial charge in [0.2, 0.25) is 5.78 Å². The molecule has 3 heteroatoms. The first-order valence-electron chi connectivity index (χ1n) is 10.9. The molecule has 1 aromatic rings. The number of hydrogen-bond acceptors (Lipinski definition) is 1. The molecule has 1 nitrogen and oxygen atoms in total. The van der Waals surface area contributed by atoms with Crippen LogP contribution in [0.3, 0.4) is 0 Å². The van der Waals surface area contributed by atoms with Crippen molar-refractivity contribution in [3.63, 3.8) is 0 Å². The summed E-state index contributed by atoms with van der Waals surface area (Å²) in [5.74, 6) is -1.09. The largest absolute Gasteiger partial charge is 0.307 e. The SMILES string of the molecule is CCC[C@H]1CC[C@H]([C@H]2CC[C@H](c3ccc(C(=O)C(C)(F)F)cc3)CC2)CC1. The van der Waals surface area contributed by atoms with Crippen LogP contribution in [0, 0.1) is 17.8 Å². The fraction of sp³-hybridized carbons (Fsp3) is 0.708. The van der Waals surface area contributed by atoms with E-state index >= 15 is 0 Å². The molecule has 2 aliphatic carbocycles. The van der Waals surface area contributed by atoms with Crippen LogP contribution >= 0.6 is 0 Å². The van der Waals surface area contributed by atoms with Crippen molar-refractivity contribution in [2.24, 2.45) is 17.8 Å². The lowest BCUT2D eigenvalue weighted by Crippen LogP contribution is -2.25. The number of halogens is 2. The standard InChI is InChI=1S/C24H34F2O/c1-3-4-17-5-7-18(8-6-17)19-9-11-20(12-10-19)21-13-15-22(16-14-21)23(27)24(2,25)26/h13-20H,3-12H2,1-2H3/t17-,18-,19-,20-. The molecule has 0 amide bonds.